The lowest BCUT2D eigenvalue weighted by atomic mass is 9.98. The van der Waals surface area contributed by atoms with Gasteiger partial charge in [0.25, 0.3) is 0 Å². The highest BCUT2D eigenvalue weighted by Crippen LogP contribution is 2.38. The first-order chi connectivity index (χ1) is 13.7. The minimum Gasteiger partial charge on any atom is -0.488 e. The molecule has 0 aromatic heterocycles. The summed E-state index contributed by atoms with van der Waals surface area (Å²) >= 11 is 0. The van der Waals surface area contributed by atoms with E-state index in [4.69, 9.17) is 14.2 Å². The zero-order valence-electron chi connectivity index (χ0n) is 16.1. The second-order valence-corrected chi connectivity index (χ2v) is 7.22. The zero-order valence-corrected chi connectivity index (χ0v) is 17.0. The fourth-order valence-corrected chi connectivity index (χ4v) is 3.74. The molecule has 0 radical (unpaired) electrons. The van der Waals surface area contributed by atoms with Gasteiger partial charge in [-0.15, -0.1) is 12.4 Å². The molecule has 1 fully saturated rings. The predicted octanol–water partition coefficient (Wildman–Crippen LogP) is 3.99. The van der Waals surface area contributed by atoms with Crippen LogP contribution in [0.15, 0.2) is 42.5 Å². The number of halogens is 2. The first-order valence-corrected chi connectivity index (χ1v) is 9.71. The molecular formula is C22H25ClFNO4. The highest BCUT2D eigenvalue weighted by Gasteiger charge is 2.25. The quantitative estimate of drug-likeness (QED) is 0.632. The van der Waals surface area contributed by atoms with Gasteiger partial charge < -0.3 is 14.2 Å². The fourth-order valence-electron chi connectivity index (χ4n) is 3.74. The lowest BCUT2D eigenvalue weighted by molar-refractivity contribution is 0.0961. The van der Waals surface area contributed by atoms with Crippen LogP contribution in [0.1, 0.15) is 23.2 Å². The molecule has 5 nitrogen and oxygen atoms in total. The molecule has 7 heteroatoms. The molecule has 0 aliphatic carbocycles. The van der Waals surface area contributed by atoms with Crippen LogP contribution in [0.2, 0.25) is 0 Å². The van der Waals surface area contributed by atoms with Crippen molar-refractivity contribution in [2.45, 2.75) is 12.8 Å². The molecule has 0 bridgehead atoms. The van der Waals surface area contributed by atoms with E-state index in [9.17, 15) is 9.18 Å². The number of fused-ring (bicyclic) bond motifs is 1. The Morgan fingerprint density at radius 2 is 1.93 bits per heavy atom. The number of Topliss-reactive ketones (excluding diaryl/α,β-unsaturated/α-hetero) is 1. The van der Waals surface area contributed by atoms with Crippen LogP contribution in [0.25, 0.3) is 0 Å². The average Bonchev–Trinajstić information content (AvgIpc) is 3.16. The Labute approximate surface area is 176 Å². The van der Waals surface area contributed by atoms with Crippen molar-refractivity contribution in [2.24, 2.45) is 5.92 Å². The number of rotatable bonds is 7. The van der Waals surface area contributed by atoms with Crippen molar-refractivity contribution >= 4 is 18.2 Å². The number of benzene rings is 2. The second-order valence-electron chi connectivity index (χ2n) is 7.22. The first-order valence-electron chi connectivity index (χ1n) is 9.71. The minimum atomic E-state index is -0.319. The summed E-state index contributed by atoms with van der Waals surface area (Å²) in [5.74, 6) is 2.21. The molecule has 2 heterocycles. The van der Waals surface area contributed by atoms with Crippen LogP contribution < -0.4 is 14.2 Å². The Hall–Kier alpha value is -2.31. The van der Waals surface area contributed by atoms with Gasteiger partial charge in [-0.3, -0.25) is 9.69 Å². The molecule has 2 aliphatic heterocycles. The Kier molecular flexibility index (Phi) is 7.34. The molecule has 1 unspecified atom stereocenters. The largest absolute Gasteiger partial charge is 0.488 e. The van der Waals surface area contributed by atoms with Gasteiger partial charge in [-0.2, -0.15) is 0 Å². The van der Waals surface area contributed by atoms with E-state index in [2.05, 4.69) is 4.90 Å². The number of nitrogens with zero attached hydrogens (tertiary/aromatic N) is 1. The van der Waals surface area contributed by atoms with Gasteiger partial charge in [-0.25, -0.2) is 4.39 Å². The number of ether oxygens (including phenoxy) is 3. The molecule has 2 aromatic rings. The van der Waals surface area contributed by atoms with Crippen LogP contribution in [0.3, 0.4) is 0 Å². The molecule has 2 aliphatic rings. The summed E-state index contributed by atoms with van der Waals surface area (Å²) in [5, 5.41) is 0. The molecule has 1 atom stereocenters. The lowest BCUT2D eigenvalue weighted by Gasteiger charge is -2.22. The number of carbonyl (C=O) groups is 1. The summed E-state index contributed by atoms with van der Waals surface area (Å²) in [4.78, 5) is 14.7. The Morgan fingerprint density at radius 3 is 2.76 bits per heavy atom. The van der Waals surface area contributed by atoms with Crippen LogP contribution in [0, 0.1) is 11.7 Å². The third kappa shape index (κ3) is 5.40. The molecule has 0 N–H and O–H groups in total. The van der Waals surface area contributed by atoms with Crippen LogP contribution >= 0.6 is 12.4 Å². The van der Waals surface area contributed by atoms with Crippen LogP contribution in [0.5, 0.6) is 17.2 Å². The standard InChI is InChI=1S/C22H24FNO4.ClH/c23-18-6-4-17(5-7-18)19(25)14-16-8-9-24(15-16)10-11-26-20-2-1-3-21-22(20)28-13-12-27-21;/h1-7,16H,8-15H2;1H. The van der Waals surface area contributed by atoms with E-state index < -0.39 is 0 Å². The number of likely N-dealkylation sites (tertiary alicyclic amines) is 1. The summed E-state index contributed by atoms with van der Waals surface area (Å²) in [6.45, 7) is 4.27. The van der Waals surface area contributed by atoms with E-state index in [1.54, 1.807) is 12.1 Å². The maximum Gasteiger partial charge on any atom is 0.203 e. The van der Waals surface area contributed by atoms with E-state index in [1.807, 2.05) is 18.2 Å². The van der Waals surface area contributed by atoms with Crippen molar-refractivity contribution in [3.05, 3.63) is 53.8 Å². The van der Waals surface area contributed by atoms with Crippen molar-refractivity contribution in [3.63, 3.8) is 0 Å². The first kappa shape index (κ1) is 21.4. The van der Waals surface area contributed by atoms with Crippen molar-refractivity contribution < 1.29 is 23.4 Å². The molecule has 4 rings (SSSR count). The molecule has 1 saturated heterocycles. The topological polar surface area (TPSA) is 48.0 Å². The summed E-state index contributed by atoms with van der Waals surface area (Å²) in [5.41, 5.74) is 0.583. The van der Waals surface area contributed by atoms with Gasteiger partial charge in [-0.05, 0) is 55.3 Å². The van der Waals surface area contributed by atoms with Crippen molar-refractivity contribution in [1.29, 1.82) is 0 Å². The van der Waals surface area contributed by atoms with Crippen LogP contribution in [-0.2, 0) is 0 Å². The number of hydrogen-bond donors (Lipinski definition) is 0. The van der Waals surface area contributed by atoms with Gasteiger partial charge in [0.1, 0.15) is 25.6 Å². The Bertz CT molecular complexity index is 830. The number of carbonyl (C=O) groups excluding carboxylic acids is 1. The van der Waals surface area contributed by atoms with Crippen molar-refractivity contribution in [1.82, 2.24) is 4.90 Å². The van der Waals surface area contributed by atoms with Gasteiger partial charge >= 0.3 is 0 Å². The normalized spacial score (nSPS) is 18.2. The van der Waals surface area contributed by atoms with Crippen molar-refractivity contribution in [3.8, 4) is 17.2 Å². The van der Waals surface area contributed by atoms with Crippen molar-refractivity contribution in [2.75, 3.05) is 39.5 Å². The summed E-state index contributed by atoms with van der Waals surface area (Å²) < 4.78 is 30.1. The van der Waals surface area contributed by atoms with E-state index in [1.165, 1.54) is 12.1 Å². The third-order valence-corrected chi connectivity index (χ3v) is 5.21. The van der Waals surface area contributed by atoms with Crippen LogP contribution in [0.4, 0.5) is 4.39 Å². The average molecular weight is 422 g/mol. The SMILES string of the molecule is Cl.O=C(CC1CCN(CCOc2cccc3c2OCCO3)C1)c1ccc(F)cc1. The third-order valence-electron chi connectivity index (χ3n) is 5.21. The summed E-state index contributed by atoms with van der Waals surface area (Å²) in [6.07, 6.45) is 1.49. The highest BCUT2D eigenvalue weighted by molar-refractivity contribution is 5.96. The minimum absolute atomic E-state index is 0. The van der Waals surface area contributed by atoms with Gasteiger partial charge in [0.05, 0.1) is 0 Å². The number of para-hydroxylation sites is 1. The smallest absolute Gasteiger partial charge is 0.203 e. The van der Waals surface area contributed by atoms with E-state index in [0.717, 1.165) is 31.8 Å². The maximum atomic E-state index is 13.0. The van der Waals surface area contributed by atoms with Gasteiger partial charge in [0.2, 0.25) is 5.75 Å². The Morgan fingerprint density at radius 1 is 1.14 bits per heavy atom. The molecule has 29 heavy (non-hydrogen) atoms. The van der Waals surface area contributed by atoms with E-state index in [0.29, 0.717) is 49.2 Å². The van der Waals surface area contributed by atoms with E-state index >= 15 is 0 Å². The van der Waals surface area contributed by atoms with Gasteiger partial charge in [0.15, 0.2) is 17.3 Å². The summed E-state index contributed by atoms with van der Waals surface area (Å²) in [6, 6.07) is 11.5. The zero-order chi connectivity index (χ0) is 19.3. The molecule has 0 saturated carbocycles. The number of ketones is 1. The van der Waals surface area contributed by atoms with E-state index in [-0.39, 0.29) is 24.0 Å². The molecule has 2 aromatic carbocycles. The highest BCUT2D eigenvalue weighted by atomic mass is 35.5. The predicted molar refractivity (Wildman–Crippen MR) is 110 cm³/mol. The molecular weight excluding hydrogens is 397 g/mol. The fraction of sp³-hybridized carbons (Fsp3) is 0.409. The lowest BCUT2D eigenvalue weighted by Crippen LogP contribution is -2.27. The number of hydrogen-bond acceptors (Lipinski definition) is 5. The summed E-state index contributed by atoms with van der Waals surface area (Å²) in [7, 11) is 0. The molecule has 0 spiro atoms. The molecule has 156 valence electrons. The Balaban J connectivity index is 0.00000240. The van der Waals surface area contributed by atoms with Crippen LogP contribution in [-0.4, -0.2) is 50.1 Å². The van der Waals surface area contributed by atoms with Gasteiger partial charge in [0, 0.05) is 25.1 Å². The molecule has 0 amide bonds. The van der Waals surface area contributed by atoms with Gasteiger partial charge in [-0.1, -0.05) is 6.07 Å². The maximum absolute atomic E-state index is 13.0. The monoisotopic (exact) mass is 421 g/mol. The second kappa shape index (κ2) is 9.94.